The predicted octanol–water partition coefficient (Wildman–Crippen LogP) is 4.72. The molecule has 0 radical (unpaired) electrons. The molecule has 1 spiro atoms. The van der Waals surface area contributed by atoms with E-state index in [0.717, 1.165) is 43.7 Å². The Hall–Kier alpha value is -3.16. The lowest BCUT2D eigenvalue weighted by atomic mass is 9.80. The van der Waals surface area contributed by atoms with E-state index in [2.05, 4.69) is 22.6 Å². The zero-order valence-electron chi connectivity index (χ0n) is 18.5. The summed E-state index contributed by atoms with van der Waals surface area (Å²) in [5, 5.41) is 9.78. The van der Waals surface area contributed by atoms with Crippen molar-refractivity contribution in [1.29, 1.82) is 0 Å². The number of rotatable bonds is 4. The molecule has 1 fully saturated rings. The van der Waals surface area contributed by atoms with Gasteiger partial charge < -0.3 is 20.3 Å². The lowest BCUT2D eigenvalue weighted by molar-refractivity contribution is -0.0195. The van der Waals surface area contributed by atoms with Crippen molar-refractivity contribution in [3.05, 3.63) is 82.0 Å². The smallest absolute Gasteiger partial charge is 0.256 e. The summed E-state index contributed by atoms with van der Waals surface area (Å²) in [6.45, 7) is 1.95. The van der Waals surface area contributed by atoms with E-state index >= 15 is 0 Å². The average molecular weight is 462 g/mol. The number of amides is 2. The number of thiophene rings is 1. The molecule has 7 heteroatoms. The van der Waals surface area contributed by atoms with Crippen molar-refractivity contribution >= 4 is 28.8 Å². The number of carbonyl (C=O) groups is 2. The highest BCUT2D eigenvalue weighted by Crippen LogP contribution is 2.44. The molecule has 1 unspecified atom stereocenters. The van der Waals surface area contributed by atoms with Crippen molar-refractivity contribution in [2.45, 2.75) is 30.9 Å². The first-order valence-electron chi connectivity index (χ1n) is 11.2. The zero-order chi connectivity index (χ0) is 22.8. The van der Waals surface area contributed by atoms with Crippen molar-refractivity contribution in [3.63, 3.8) is 0 Å². The summed E-state index contributed by atoms with van der Waals surface area (Å²) in [4.78, 5) is 28.3. The molecule has 0 saturated carbocycles. The van der Waals surface area contributed by atoms with E-state index in [4.69, 9.17) is 4.74 Å². The number of benzene rings is 2. The molecule has 0 aliphatic carbocycles. The van der Waals surface area contributed by atoms with Gasteiger partial charge in [-0.25, -0.2) is 0 Å². The second-order valence-electron chi connectivity index (χ2n) is 8.87. The minimum atomic E-state index is -0.272. The first-order chi connectivity index (χ1) is 16.0. The van der Waals surface area contributed by atoms with Crippen molar-refractivity contribution in [3.8, 4) is 5.75 Å². The van der Waals surface area contributed by atoms with E-state index in [9.17, 15) is 9.59 Å². The number of anilines is 1. The fraction of sp³-hybridized carbons (Fsp3) is 0.308. The van der Waals surface area contributed by atoms with Crippen LogP contribution in [0.25, 0.3) is 0 Å². The first kappa shape index (κ1) is 21.7. The summed E-state index contributed by atoms with van der Waals surface area (Å²) < 4.78 is 6.51. The molecule has 33 heavy (non-hydrogen) atoms. The summed E-state index contributed by atoms with van der Waals surface area (Å²) >= 11 is 1.46. The topological polar surface area (TPSA) is 70.7 Å². The van der Waals surface area contributed by atoms with E-state index in [1.807, 2.05) is 41.8 Å². The molecule has 2 aromatic carbocycles. The predicted molar refractivity (Wildman–Crippen MR) is 130 cm³/mol. The fourth-order valence-corrected chi connectivity index (χ4v) is 5.33. The van der Waals surface area contributed by atoms with Gasteiger partial charge in [0.05, 0.1) is 22.9 Å². The maximum absolute atomic E-state index is 13.4. The lowest BCUT2D eigenvalue weighted by Gasteiger charge is -2.46. The molecule has 170 valence electrons. The Bertz CT molecular complexity index is 1150. The van der Waals surface area contributed by atoms with Gasteiger partial charge in [0.2, 0.25) is 0 Å². The fourth-order valence-electron chi connectivity index (χ4n) is 4.69. The molecule has 3 aromatic rings. The third-order valence-corrected chi connectivity index (χ3v) is 7.29. The van der Waals surface area contributed by atoms with Crippen LogP contribution in [0.1, 0.15) is 51.6 Å². The first-order valence-corrected chi connectivity index (χ1v) is 12.2. The highest BCUT2D eigenvalue weighted by atomic mass is 32.1. The van der Waals surface area contributed by atoms with Crippen LogP contribution in [0.3, 0.4) is 0 Å². The minimum Gasteiger partial charge on any atom is -0.487 e. The molecule has 1 atom stereocenters. The second kappa shape index (κ2) is 9.00. The number of hydrogen-bond donors (Lipinski definition) is 2. The SMILES string of the molecule is CN1CCC2(CC1)CC(NC(=O)c1ccccc1NC(=O)c1ccsc1)c1ccccc1O2. The summed E-state index contributed by atoms with van der Waals surface area (Å²) in [6, 6.07) is 16.7. The van der Waals surface area contributed by atoms with Crippen LogP contribution in [0, 0.1) is 0 Å². The van der Waals surface area contributed by atoms with Crippen molar-refractivity contribution in [2.24, 2.45) is 0 Å². The maximum Gasteiger partial charge on any atom is 0.256 e. The molecule has 0 bridgehead atoms. The van der Waals surface area contributed by atoms with Gasteiger partial charge in [0.15, 0.2) is 0 Å². The van der Waals surface area contributed by atoms with Crippen LogP contribution in [0.2, 0.25) is 0 Å². The Morgan fingerprint density at radius 3 is 2.58 bits per heavy atom. The Morgan fingerprint density at radius 2 is 1.79 bits per heavy atom. The van der Waals surface area contributed by atoms with Gasteiger partial charge in [0.25, 0.3) is 11.8 Å². The van der Waals surface area contributed by atoms with Gasteiger partial charge in [0.1, 0.15) is 11.4 Å². The molecule has 5 rings (SSSR count). The minimum absolute atomic E-state index is 0.161. The van der Waals surface area contributed by atoms with Crippen LogP contribution in [0.15, 0.2) is 65.4 Å². The number of carbonyl (C=O) groups excluding carboxylic acids is 2. The van der Waals surface area contributed by atoms with Gasteiger partial charge in [-0.05, 0) is 49.5 Å². The molecule has 3 heterocycles. The highest BCUT2D eigenvalue weighted by molar-refractivity contribution is 7.08. The molecule has 1 aromatic heterocycles. The Labute approximate surface area is 197 Å². The Morgan fingerprint density at radius 1 is 1.03 bits per heavy atom. The van der Waals surface area contributed by atoms with Crippen molar-refractivity contribution < 1.29 is 14.3 Å². The van der Waals surface area contributed by atoms with Crippen molar-refractivity contribution in [1.82, 2.24) is 10.2 Å². The average Bonchev–Trinajstić information content (AvgIpc) is 3.37. The molecular weight excluding hydrogens is 434 g/mol. The Balaban J connectivity index is 1.39. The van der Waals surface area contributed by atoms with Crippen LogP contribution in [0.5, 0.6) is 5.75 Å². The number of hydrogen-bond acceptors (Lipinski definition) is 5. The van der Waals surface area contributed by atoms with E-state index in [-0.39, 0.29) is 23.5 Å². The van der Waals surface area contributed by atoms with Gasteiger partial charge in [-0.15, -0.1) is 0 Å². The molecule has 2 aliphatic rings. The monoisotopic (exact) mass is 461 g/mol. The summed E-state index contributed by atoms with van der Waals surface area (Å²) in [6.07, 6.45) is 2.59. The number of para-hydroxylation sites is 2. The lowest BCUT2D eigenvalue weighted by Crippen LogP contribution is -2.51. The van der Waals surface area contributed by atoms with E-state index in [1.54, 1.807) is 23.6 Å². The summed E-state index contributed by atoms with van der Waals surface area (Å²) in [5.41, 5.74) is 2.25. The molecular formula is C26H27N3O3S. The van der Waals surface area contributed by atoms with Gasteiger partial charge in [-0.1, -0.05) is 30.3 Å². The third-order valence-electron chi connectivity index (χ3n) is 6.60. The quantitative estimate of drug-likeness (QED) is 0.590. The largest absolute Gasteiger partial charge is 0.487 e. The maximum atomic E-state index is 13.4. The standard InChI is InChI=1S/C26H27N3O3S/c1-29-13-11-26(12-14-29)16-22(19-6-3-5-9-23(19)32-26)28-25(31)20-7-2-4-8-21(20)27-24(30)18-10-15-33-17-18/h2-10,15,17,22H,11-14,16H2,1H3,(H,27,30)(H,28,31). The molecule has 1 saturated heterocycles. The van der Waals surface area contributed by atoms with E-state index in [0.29, 0.717) is 16.8 Å². The third kappa shape index (κ3) is 4.51. The second-order valence-corrected chi connectivity index (χ2v) is 9.65. The summed E-state index contributed by atoms with van der Waals surface area (Å²) in [5.74, 6) is 0.414. The molecule has 2 amide bonds. The number of ether oxygens (including phenoxy) is 1. The van der Waals surface area contributed by atoms with Crippen LogP contribution < -0.4 is 15.4 Å². The normalized spacial score (nSPS) is 19.4. The number of nitrogens with one attached hydrogen (secondary N) is 2. The molecule has 2 aliphatic heterocycles. The zero-order valence-corrected chi connectivity index (χ0v) is 19.4. The Kier molecular flexibility index (Phi) is 5.91. The van der Waals surface area contributed by atoms with Gasteiger partial charge in [0, 0.05) is 30.5 Å². The number of likely N-dealkylation sites (tertiary alicyclic amines) is 1. The van der Waals surface area contributed by atoms with Gasteiger partial charge in [-0.2, -0.15) is 11.3 Å². The van der Waals surface area contributed by atoms with Crippen LogP contribution >= 0.6 is 11.3 Å². The number of nitrogens with zero attached hydrogens (tertiary/aromatic N) is 1. The van der Waals surface area contributed by atoms with Gasteiger partial charge >= 0.3 is 0 Å². The van der Waals surface area contributed by atoms with E-state index in [1.165, 1.54) is 11.3 Å². The highest BCUT2D eigenvalue weighted by Gasteiger charge is 2.43. The number of fused-ring (bicyclic) bond motifs is 1. The van der Waals surface area contributed by atoms with Crippen LogP contribution in [-0.2, 0) is 0 Å². The van der Waals surface area contributed by atoms with Crippen LogP contribution in [-0.4, -0.2) is 42.5 Å². The van der Waals surface area contributed by atoms with E-state index < -0.39 is 0 Å². The van der Waals surface area contributed by atoms with Crippen molar-refractivity contribution in [2.75, 3.05) is 25.5 Å². The summed E-state index contributed by atoms with van der Waals surface area (Å²) in [7, 11) is 2.13. The van der Waals surface area contributed by atoms with Crippen LogP contribution in [0.4, 0.5) is 5.69 Å². The van der Waals surface area contributed by atoms with Gasteiger partial charge in [-0.3, -0.25) is 9.59 Å². The molecule has 2 N–H and O–H groups in total. The number of piperidine rings is 1. The molecule has 6 nitrogen and oxygen atoms in total.